The number of aromatic nitrogens is 2. The van der Waals surface area contributed by atoms with Gasteiger partial charge in [-0.2, -0.15) is 5.10 Å². The molecule has 5 heteroatoms. The third-order valence-corrected chi connectivity index (χ3v) is 3.65. The SMILES string of the molecule is OCc1ccccc1NCc1cnn(-c2ccc(Cl)cc2)c1. The van der Waals surface area contributed by atoms with Crippen LogP contribution in [0.15, 0.2) is 60.9 Å². The summed E-state index contributed by atoms with van der Waals surface area (Å²) in [6, 6.07) is 15.2. The van der Waals surface area contributed by atoms with Gasteiger partial charge >= 0.3 is 0 Å². The molecule has 1 aromatic heterocycles. The molecule has 0 bridgehead atoms. The highest BCUT2D eigenvalue weighted by atomic mass is 35.5. The van der Waals surface area contributed by atoms with Crippen LogP contribution in [0.2, 0.25) is 5.02 Å². The molecule has 2 aromatic carbocycles. The summed E-state index contributed by atoms with van der Waals surface area (Å²) in [5.74, 6) is 0. The topological polar surface area (TPSA) is 50.1 Å². The Hall–Kier alpha value is -2.30. The Balaban J connectivity index is 1.71. The summed E-state index contributed by atoms with van der Waals surface area (Å²) in [6.07, 6.45) is 3.79. The molecule has 0 aliphatic carbocycles. The van der Waals surface area contributed by atoms with Crippen LogP contribution in [-0.2, 0) is 13.2 Å². The number of hydrogen-bond acceptors (Lipinski definition) is 3. The molecule has 0 saturated carbocycles. The van der Waals surface area contributed by atoms with Crippen molar-refractivity contribution >= 4 is 17.3 Å². The van der Waals surface area contributed by atoms with E-state index in [1.54, 1.807) is 0 Å². The molecule has 0 radical (unpaired) electrons. The number of para-hydroxylation sites is 1. The van der Waals surface area contributed by atoms with Gasteiger partial charge in [-0.05, 0) is 30.3 Å². The van der Waals surface area contributed by atoms with E-state index in [4.69, 9.17) is 11.6 Å². The second kappa shape index (κ2) is 6.64. The fraction of sp³-hybridized carbons (Fsp3) is 0.118. The van der Waals surface area contributed by atoms with E-state index in [0.717, 1.165) is 22.5 Å². The molecule has 0 unspecified atom stereocenters. The number of benzene rings is 2. The predicted octanol–water partition coefficient (Wildman–Crippen LogP) is 3.63. The normalized spacial score (nSPS) is 10.6. The molecule has 0 fully saturated rings. The van der Waals surface area contributed by atoms with Gasteiger partial charge in [0.2, 0.25) is 0 Å². The summed E-state index contributed by atoms with van der Waals surface area (Å²) in [5.41, 5.74) is 3.84. The smallest absolute Gasteiger partial charge is 0.0701 e. The van der Waals surface area contributed by atoms with Gasteiger partial charge in [0, 0.05) is 34.6 Å². The molecule has 0 saturated heterocycles. The Morgan fingerprint density at radius 3 is 2.64 bits per heavy atom. The van der Waals surface area contributed by atoms with E-state index >= 15 is 0 Å². The van der Waals surface area contributed by atoms with E-state index in [0.29, 0.717) is 11.6 Å². The zero-order chi connectivity index (χ0) is 15.4. The average Bonchev–Trinajstić information content (AvgIpc) is 3.03. The first-order valence-electron chi connectivity index (χ1n) is 6.98. The number of rotatable bonds is 5. The second-order valence-electron chi connectivity index (χ2n) is 4.94. The molecule has 0 atom stereocenters. The van der Waals surface area contributed by atoms with Crippen molar-refractivity contribution in [3.05, 3.63) is 77.1 Å². The van der Waals surface area contributed by atoms with Crippen molar-refractivity contribution in [2.45, 2.75) is 13.2 Å². The summed E-state index contributed by atoms with van der Waals surface area (Å²) in [7, 11) is 0. The zero-order valence-electron chi connectivity index (χ0n) is 11.9. The Bertz CT molecular complexity index is 753. The molecule has 112 valence electrons. The van der Waals surface area contributed by atoms with Crippen molar-refractivity contribution in [2.75, 3.05) is 5.32 Å². The van der Waals surface area contributed by atoms with E-state index in [9.17, 15) is 5.11 Å². The number of aliphatic hydroxyl groups excluding tert-OH is 1. The first kappa shape index (κ1) is 14.6. The van der Waals surface area contributed by atoms with Crippen LogP contribution in [0.4, 0.5) is 5.69 Å². The monoisotopic (exact) mass is 313 g/mol. The summed E-state index contributed by atoms with van der Waals surface area (Å²) in [4.78, 5) is 0. The third-order valence-electron chi connectivity index (χ3n) is 3.40. The highest BCUT2D eigenvalue weighted by Gasteiger charge is 2.03. The first-order valence-corrected chi connectivity index (χ1v) is 7.36. The lowest BCUT2D eigenvalue weighted by atomic mass is 10.2. The number of nitrogens with zero attached hydrogens (tertiary/aromatic N) is 2. The summed E-state index contributed by atoms with van der Waals surface area (Å²) in [5, 5.41) is 17.7. The van der Waals surface area contributed by atoms with E-state index < -0.39 is 0 Å². The Labute approximate surface area is 134 Å². The van der Waals surface area contributed by atoms with Gasteiger partial charge in [0.15, 0.2) is 0 Å². The van der Waals surface area contributed by atoms with E-state index in [-0.39, 0.29) is 6.61 Å². The molecule has 0 aliphatic rings. The van der Waals surface area contributed by atoms with Crippen LogP contribution in [-0.4, -0.2) is 14.9 Å². The van der Waals surface area contributed by atoms with Crippen LogP contribution >= 0.6 is 11.6 Å². The van der Waals surface area contributed by atoms with Gasteiger partial charge in [-0.1, -0.05) is 29.8 Å². The molecule has 0 amide bonds. The predicted molar refractivity (Wildman–Crippen MR) is 88.3 cm³/mol. The molecule has 0 aliphatic heterocycles. The largest absolute Gasteiger partial charge is 0.392 e. The maximum absolute atomic E-state index is 9.32. The highest BCUT2D eigenvalue weighted by Crippen LogP contribution is 2.17. The summed E-state index contributed by atoms with van der Waals surface area (Å²) in [6.45, 7) is 0.664. The molecule has 4 nitrogen and oxygen atoms in total. The minimum Gasteiger partial charge on any atom is -0.392 e. The van der Waals surface area contributed by atoms with Gasteiger partial charge in [0.1, 0.15) is 0 Å². The third kappa shape index (κ3) is 3.30. The standard InChI is InChI=1S/C17H16ClN3O/c18-15-5-7-16(8-6-15)21-11-13(10-20-21)9-19-17-4-2-1-3-14(17)12-22/h1-8,10-11,19,22H,9,12H2. The van der Waals surface area contributed by atoms with Crippen molar-refractivity contribution in [3.63, 3.8) is 0 Å². The maximum Gasteiger partial charge on any atom is 0.0701 e. The van der Waals surface area contributed by atoms with Crippen LogP contribution in [0.25, 0.3) is 5.69 Å². The molecule has 3 rings (SSSR count). The number of nitrogens with one attached hydrogen (secondary N) is 1. The van der Waals surface area contributed by atoms with Gasteiger partial charge in [0.25, 0.3) is 0 Å². The van der Waals surface area contributed by atoms with E-state index in [2.05, 4.69) is 10.4 Å². The fourth-order valence-electron chi connectivity index (χ4n) is 2.21. The fourth-order valence-corrected chi connectivity index (χ4v) is 2.34. The van der Waals surface area contributed by atoms with Crippen LogP contribution in [0.1, 0.15) is 11.1 Å². The Morgan fingerprint density at radius 2 is 1.86 bits per heavy atom. The zero-order valence-corrected chi connectivity index (χ0v) is 12.7. The van der Waals surface area contributed by atoms with Crippen molar-refractivity contribution < 1.29 is 5.11 Å². The quantitative estimate of drug-likeness (QED) is 0.756. The Morgan fingerprint density at radius 1 is 1.09 bits per heavy atom. The molecular formula is C17H16ClN3O. The number of hydrogen-bond donors (Lipinski definition) is 2. The second-order valence-corrected chi connectivity index (χ2v) is 5.37. The number of anilines is 1. The lowest BCUT2D eigenvalue weighted by Crippen LogP contribution is -2.01. The maximum atomic E-state index is 9.32. The van der Waals surface area contributed by atoms with Gasteiger partial charge in [-0.25, -0.2) is 4.68 Å². The average molecular weight is 314 g/mol. The summed E-state index contributed by atoms with van der Waals surface area (Å²) < 4.78 is 1.81. The highest BCUT2D eigenvalue weighted by molar-refractivity contribution is 6.30. The number of aliphatic hydroxyl groups is 1. The van der Waals surface area contributed by atoms with Crippen molar-refractivity contribution in [1.29, 1.82) is 0 Å². The lowest BCUT2D eigenvalue weighted by Gasteiger charge is -2.09. The van der Waals surface area contributed by atoms with Crippen LogP contribution in [0.5, 0.6) is 0 Å². The van der Waals surface area contributed by atoms with E-state index in [1.807, 2.05) is 65.6 Å². The molecule has 2 N–H and O–H groups in total. The van der Waals surface area contributed by atoms with Gasteiger partial charge < -0.3 is 10.4 Å². The van der Waals surface area contributed by atoms with Crippen molar-refractivity contribution in [2.24, 2.45) is 0 Å². The lowest BCUT2D eigenvalue weighted by molar-refractivity contribution is 0.282. The summed E-state index contributed by atoms with van der Waals surface area (Å²) >= 11 is 5.89. The van der Waals surface area contributed by atoms with Crippen molar-refractivity contribution in [3.8, 4) is 5.69 Å². The molecule has 3 aromatic rings. The van der Waals surface area contributed by atoms with Crippen molar-refractivity contribution in [1.82, 2.24) is 9.78 Å². The van der Waals surface area contributed by atoms with Crippen LogP contribution in [0, 0.1) is 0 Å². The molecule has 22 heavy (non-hydrogen) atoms. The van der Waals surface area contributed by atoms with Gasteiger partial charge in [0.05, 0.1) is 18.5 Å². The van der Waals surface area contributed by atoms with Crippen LogP contribution < -0.4 is 5.32 Å². The van der Waals surface area contributed by atoms with Crippen LogP contribution in [0.3, 0.4) is 0 Å². The van der Waals surface area contributed by atoms with Gasteiger partial charge in [-0.15, -0.1) is 0 Å². The van der Waals surface area contributed by atoms with E-state index in [1.165, 1.54) is 0 Å². The minimum absolute atomic E-state index is 0.0210. The Kier molecular flexibility index (Phi) is 4.42. The number of halogens is 1. The molecule has 0 spiro atoms. The first-order chi connectivity index (χ1) is 10.8. The van der Waals surface area contributed by atoms with Gasteiger partial charge in [-0.3, -0.25) is 0 Å². The molecular weight excluding hydrogens is 298 g/mol. The minimum atomic E-state index is 0.0210. The molecule has 1 heterocycles.